The summed E-state index contributed by atoms with van der Waals surface area (Å²) in [7, 11) is 0. The zero-order valence-corrected chi connectivity index (χ0v) is 7.25. The van der Waals surface area contributed by atoms with Crippen molar-refractivity contribution >= 4 is 0 Å². The van der Waals surface area contributed by atoms with Gasteiger partial charge in [0.05, 0.1) is 6.04 Å². The van der Waals surface area contributed by atoms with Crippen molar-refractivity contribution in [3.8, 4) is 0 Å². The van der Waals surface area contributed by atoms with Crippen molar-refractivity contribution in [1.82, 2.24) is 15.2 Å². The van der Waals surface area contributed by atoms with Crippen molar-refractivity contribution in [2.75, 3.05) is 0 Å². The Labute approximate surface area is 71.9 Å². The van der Waals surface area contributed by atoms with Crippen LogP contribution in [0.15, 0.2) is 12.7 Å². The molecule has 1 aromatic heterocycles. The molecule has 0 aromatic carbocycles. The number of nitrogens with one attached hydrogen (secondary N) is 1. The molecule has 0 saturated carbocycles. The van der Waals surface area contributed by atoms with E-state index >= 15 is 0 Å². The lowest BCUT2D eigenvalue weighted by molar-refractivity contribution is 0.686. The second-order valence-corrected chi connectivity index (χ2v) is 2.62. The molecular weight excluding hydrogens is 152 g/mol. The molecule has 0 spiro atoms. The lowest BCUT2D eigenvalue weighted by atomic mass is 10.2. The molecule has 66 valence electrons. The van der Waals surface area contributed by atoms with Gasteiger partial charge in [0.15, 0.2) is 5.82 Å². The summed E-state index contributed by atoms with van der Waals surface area (Å²) in [4.78, 5) is 4.21. The topological polar surface area (TPSA) is 67.6 Å². The molecule has 1 rings (SSSR count). The van der Waals surface area contributed by atoms with Crippen LogP contribution in [-0.2, 0) is 6.42 Å². The van der Waals surface area contributed by atoms with Gasteiger partial charge in [0.2, 0.25) is 0 Å². The largest absolute Gasteiger partial charge is 0.321 e. The normalized spacial score (nSPS) is 12.8. The summed E-state index contributed by atoms with van der Waals surface area (Å²) in [5.41, 5.74) is 5.76. The predicted octanol–water partition coefficient (Wildman–Crippen LogP) is 0.943. The fraction of sp³-hybridized carbons (Fsp3) is 0.500. The van der Waals surface area contributed by atoms with E-state index in [1.165, 1.54) is 0 Å². The maximum atomic E-state index is 5.76. The molecule has 0 radical (unpaired) electrons. The van der Waals surface area contributed by atoms with Gasteiger partial charge in [0.1, 0.15) is 5.82 Å². The lowest BCUT2D eigenvalue weighted by Crippen LogP contribution is -2.10. The summed E-state index contributed by atoms with van der Waals surface area (Å²) < 4.78 is 0. The highest BCUT2D eigenvalue weighted by Gasteiger charge is 2.08. The summed E-state index contributed by atoms with van der Waals surface area (Å²) in [5.74, 6) is 1.55. The predicted molar refractivity (Wildman–Crippen MR) is 47.5 cm³/mol. The van der Waals surface area contributed by atoms with Crippen molar-refractivity contribution < 1.29 is 0 Å². The van der Waals surface area contributed by atoms with Crippen LogP contribution in [0.1, 0.15) is 31.0 Å². The summed E-state index contributed by atoms with van der Waals surface area (Å²) in [5, 5.41) is 6.82. The van der Waals surface area contributed by atoms with Gasteiger partial charge in [-0.15, -0.1) is 6.58 Å². The number of aromatic amines is 1. The lowest BCUT2D eigenvalue weighted by Gasteiger charge is -2.01. The minimum atomic E-state index is -0.126. The van der Waals surface area contributed by atoms with Gasteiger partial charge in [-0.1, -0.05) is 13.0 Å². The van der Waals surface area contributed by atoms with Crippen LogP contribution in [0.25, 0.3) is 0 Å². The highest BCUT2D eigenvalue weighted by molar-refractivity contribution is 4.97. The molecule has 1 heterocycles. The Morgan fingerprint density at radius 3 is 3.00 bits per heavy atom. The fourth-order valence-corrected chi connectivity index (χ4v) is 0.919. The van der Waals surface area contributed by atoms with Crippen LogP contribution in [0.3, 0.4) is 0 Å². The van der Waals surface area contributed by atoms with E-state index in [4.69, 9.17) is 5.73 Å². The molecule has 0 fully saturated rings. The molecule has 1 aromatic rings. The number of aryl methyl sites for hydroxylation is 1. The number of nitrogens with two attached hydrogens (primary N) is 1. The molecule has 3 N–H and O–H groups in total. The van der Waals surface area contributed by atoms with Crippen molar-refractivity contribution in [2.24, 2.45) is 5.73 Å². The Kier molecular flexibility index (Phi) is 2.99. The molecule has 12 heavy (non-hydrogen) atoms. The van der Waals surface area contributed by atoms with Gasteiger partial charge < -0.3 is 5.73 Å². The average Bonchev–Trinajstić information content (AvgIpc) is 2.52. The highest BCUT2D eigenvalue weighted by atomic mass is 15.2. The van der Waals surface area contributed by atoms with E-state index < -0.39 is 0 Å². The summed E-state index contributed by atoms with van der Waals surface area (Å²) in [6.45, 7) is 5.62. The molecule has 4 heteroatoms. The van der Waals surface area contributed by atoms with E-state index in [0.29, 0.717) is 12.2 Å². The van der Waals surface area contributed by atoms with Gasteiger partial charge in [-0.3, -0.25) is 5.10 Å². The van der Waals surface area contributed by atoms with Crippen molar-refractivity contribution in [3.63, 3.8) is 0 Å². The Bertz CT molecular complexity index is 253. The standard InChI is InChI=1S/C8H14N4/c1-3-5-6(9)8-10-7(4-2)11-12-8/h3,6H,1,4-5,9H2,2H3,(H,10,11,12). The molecule has 1 unspecified atom stereocenters. The quantitative estimate of drug-likeness (QED) is 0.654. The molecule has 0 bridgehead atoms. The first-order valence-electron chi connectivity index (χ1n) is 4.05. The Morgan fingerprint density at radius 1 is 1.75 bits per heavy atom. The monoisotopic (exact) mass is 166 g/mol. The minimum Gasteiger partial charge on any atom is -0.321 e. The van der Waals surface area contributed by atoms with Crippen molar-refractivity contribution in [3.05, 3.63) is 24.3 Å². The second kappa shape index (κ2) is 4.01. The van der Waals surface area contributed by atoms with Crippen LogP contribution in [-0.4, -0.2) is 15.2 Å². The molecule has 0 aliphatic carbocycles. The number of H-pyrrole nitrogens is 1. The average molecular weight is 166 g/mol. The SMILES string of the molecule is C=CCC(N)c1n[nH]c(CC)n1. The van der Waals surface area contributed by atoms with Crippen LogP contribution in [0.2, 0.25) is 0 Å². The zero-order valence-electron chi connectivity index (χ0n) is 7.25. The molecule has 1 atom stereocenters. The fourth-order valence-electron chi connectivity index (χ4n) is 0.919. The summed E-state index contributed by atoms with van der Waals surface area (Å²) >= 11 is 0. The first kappa shape index (κ1) is 8.93. The van der Waals surface area contributed by atoms with Crippen molar-refractivity contribution in [2.45, 2.75) is 25.8 Å². The smallest absolute Gasteiger partial charge is 0.167 e. The molecule has 0 aliphatic rings. The molecular formula is C8H14N4. The van der Waals surface area contributed by atoms with Gasteiger partial charge in [0.25, 0.3) is 0 Å². The molecule has 0 aliphatic heterocycles. The van der Waals surface area contributed by atoms with Gasteiger partial charge in [-0.2, -0.15) is 5.10 Å². The van der Waals surface area contributed by atoms with Gasteiger partial charge in [-0.05, 0) is 6.42 Å². The number of aromatic nitrogens is 3. The molecule has 0 amide bonds. The van der Waals surface area contributed by atoms with Gasteiger partial charge in [-0.25, -0.2) is 4.98 Å². The van der Waals surface area contributed by atoms with Crippen LogP contribution in [0.5, 0.6) is 0 Å². The third-order valence-electron chi connectivity index (χ3n) is 1.64. The minimum absolute atomic E-state index is 0.126. The van der Waals surface area contributed by atoms with Gasteiger partial charge >= 0.3 is 0 Å². The Morgan fingerprint density at radius 2 is 2.50 bits per heavy atom. The first-order valence-corrected chi connectivity index (χ1v) is 4.05. The van der Waals surface area contributed by atoms with E-state index in [9.17, 15) is 0 Å². The zero-order chi connectivity index (χ0) is 8.97. The Hall–Kier alpha value is -1.16. The van der Waals surface area contributed by atoms with Crippen LogP contribution in [0.4, 0.5) is 0 Å². The number of hydrogen-bond acceptors (Lipinski definition) is 3. The van der Waals surface area contributed by atoms with Gasteiger partial charge in [0, 0.05) is 6.42 Å². The van der Waals surface area contributed by atoms with E-state index in [0.717, 1.165) is 12.2 Å². The maximum Gasteiger partial charge on any atom is 0.167 e. The Balaban J connectivity index is 2.67. The first-order chi connectivity index (χ1) is 5.77. The van der Waals surface area contributed by atoms with Crippen LogP contribution >= 0.6 is 0 Å². The van der Waals surface area contributed by atoms with E-state index in [1.807, 2.05) is 6.92 Å². The summed E-state index contributed by atoms with van der Waals surface area (Å²) in [6.07, 6.45) is 3.33. The number of rotatable bonds is 4. The second-order valence-electron chi connectivity index (χ2n) is 2.62. The highest BCUT2D eigenvalue weighted by Crippen LogP contribution is 2.08. The number of hydrogen-bond donors (Lipinski definition) is 2. The third kappa shape index (κ3) is 1.92. The van der Waals surface area contributed by atoms with Crippen LogP contribution in [0, 0.1) is 0 Å². The molecule has 4 nitrogen and oxygen atoms in total. The maximum absolute atomic E-state index is 5.76. The van der Waals surface area contributed by atoms with E-state index in [2.05, 4.69) is 21.8 Å². The number of nitrogens with zero attached hydrogens (tertiary/aromatic N) is 2. The third-order valence-corrected chi connectivity index (χ3v) is 1.64. The molecule has 0 saturated heterocycles. The summed E-state index contributed by atoms with van der Waals surface area (Å²) in [6, 6.07) is -0.126. The van der Waals surface area contributed by atoms with Crippen LogP contribution < -0.4 is 5.73 Å². The van der Waals surface area contributed by atoms with Crippen molar-refractivity contribution in [1.29, 1.82) is 0 Å². The van der Waals surface area contributed by atoms with E-state index in [1.54, 1.807) is 6.08 Å². The van der Waals surface area contributed by atoms with E-state index in [-0.39, 0.29) is 6.04 Å².